The molecule has 0 heterocycles. The van der Waals surface area contributed by atoms with Crippen molar-refractivity contribution in [3.8, 4) is 5.75 Å². The SMILES string of the molecule is COc1ccc(Br)cc1S(=O)(=O)NC1CCC(C(=O)O)CC1. The molecule has 0 aliphatic heterocycles. The Morgan fingerprint density at radius 2 is 1.95 bits per heavy atom. The van der Waals surface area contributed by atoms with Crippen LogP contribution in [-0.4, -0.2) is 32.6 Å². The van der Waals surface area contributed by atoms with E-state index in [2.05, 4.69) is 20.7 Å². The number of hydrogen-bond acceptors (Lipinski definition) is 4. The number of methoxy groups -OCH3 is 1. The van der Waals surface area contributed by atoms with Crippen LogP contribution in [0.25, 0.3) is 0 Å². The predicted octanol–water partition coefficient (Wildman–Crippen LogP) is 2.38. The minimum Gasteiger partial charge on any atom is -0.495 e. The molecule has 1 aliphatic rings. The third-order valence-corrected chi connectivity index (χ3v) is 5.85. The molecule has 0 aromatic heterocycles. The summed E-state index contributed by atoms with van der Waals surface area (Å²) in [5.41, 5.74) is 0. The highest BCUT2D eigenvalue weighted by Crippen LogP contribution is 2.29. The standard InChI is InChI=1S/C14H18BrNO5S/c1-21-12-7-4-10(15)8-13(12)22(19,20)16-11-5-2-9(3-6-11)14(17)18/h4,7-9,11,16H,2-3,5-6H2,1H3,(H,17,18). The Labute approximate surface area is 138 Å². The highest BCUT2D eigenvalue weighted by molar-refractivity contribution is 9.10. The molecule has 6 nitrogen and oxygen atoms in total. The number of ether oxygens (including phenoxy) is 1. The minimum atomic E-state index is -3.72. The van der Waals surface area contributed by atoms with E-state index in [9.17, 15) is 13.2 Å². The average molecular weight is 392 g/mol. The fraction of sp³-hybridized carbons (Fsp3) is 0.500. The first kappa shape index (κ1) is 17.2. The van der Waals surface area contributed by atoms with Crippen LogP contribution in [0.4, 0.5) is 0 Å². The number of hydrogen-bond donors (Lipinski definition) is 2. The van der Waals surface area contributed by atoms with Crippen LogP contribution in [0.2, 0.25) is 0 Å². The zero-order valence-corrected chi connectivity index (χ0v) is 14.5. The molecule has 1 saturated carbocycles. The van der Waals surface area contributed by atoms with E-state index >= 15 is 0 Å². The van der Waals surface area contributed by atoms with Gasteiger partial charge in [-0.2, -0.15) is 0 Å². The van der Waals surface area contributed by atoms with Crippen LogP contribution < -0.4 is 9.46 Å². The van der Waals surface area contributed by atoms with E-state index in [4.69, 9.17) is 9.84 Å². The Balaban J connectivity index is 2.12. The van der Waals surface area contributed by atoms with Crippen LogP contribution >= 0.6 is 15.9 Å². The summed E-state index contributed by atoms with van der Waals surface area (Å²) in [7, 11) is -2.30. The number of rotatable bonds is 5. The molecular weight excluding hydrogens is 374 g/mol. The van der Waals surface area contributed by atoms with Crippen molar-refractivity contribution in [2.75, 3.05) is 7.11 Å². The topological polar surface area (TPSA) is 92.7 Å². The molecule has 0 unspecified atom stereocenters. The number of sulfonamides is 1. The second-order valence-corrected chi connectivity index (χ2v) is 7.90. The Morgan fingerprint density at radius 3 is 2.50 bits per heavy atom. The molecule has 0 bridgehead atoms. The van der Waals surface area contributed by atoms with Crippen molar-refractivity contribution in [1.29, 1.82) is 0 Å². The lowest BCUT2D eigenvalue weighted by atomic mass is 9.87. The van der Waals surface area contributed by atoms with Crippen LogP contribution in [0.3, 0.4) is 0 Å². The van der Waals surface area contributed by atoms with E-state index in [1.165, 1.54) is 13.2 Å². The van der Waals surface area contributed by atoms with Crippen LogP contribution in [0.5, 0.6) is 5.75 Å². The molecule has 22 heavy (non-hydrogen) atoms. The molecule has 0 spiro atoms. The van der Waals surface area contributed by atoms with E-state index < -0.39 is 16.0 Å². The van der Waals surface area contributed by atoms with Crippen LogP contribution in [0, 0.1) is 5.92 Å². The third kappa shape index (κ3) is 3.99. The highest BCUT2D eigenvalue weighted by atomic mass is 79.9. The number of nitrogens with one attached hydrogen (secondary N) is 1. The Morgan fingerprint density at radius 1 is 1.32 bits per heavy atom. The zero-order valence-electron chi connectivity index (χ0n) is 12.1. The van der Waals surface area contributed by atoms with Crippen LogP contribution in [-0.2, 0) is 14.8 Å². The normalized spacial score (nSPS) is 22.3. The number of aliphatic carboxylic acids is 1. The molecule has 1 aromatic carbocycles. The lowest BCUT2D eigenvalue weighted by Gasteiger charge is -2.26. The fourth-order valence-electron chi connectivity index (χ4n) is 2.60. The summed E-state index contributed by atoms with van der Waals surface area (Å²) in [4.78, 5) is 11.0. The quantitative estimate of drug-likeness (QED) is 0.803. The van der Waals surface area contributed by atoms with Gasteiger partial charge < -0.3 is 9.84 Å². The molecular formula is C14H18BrNO5S. The van der Waals surface area contributed by atoms with Gasteiger partial charge in [0.1, 0.15) is 10.6 Å². The van der Waals surface area contributed by atoms with Crippen molar-refractivity contribution in [2.45, 2.75) is 36.6 Å². The van der Waals surface area contributed by atoms with E-state index in [1.54, 1.807) is 12.1 Å². The number of carboxylic acid groups (broad SMARTS) is 1. The van der Waals surface area contributed by atoms with Gasteiger partial charge in [-0.3, -0.25) is 4.79 Å². The molecule has 0 saturated heterocycles. The molecule has 8 heteroatoms. The number of benzene rings is 1. The molecule has 0 radical (unpaired) electrons. The summed E-state index contributed by atoms with van der Waals surface area (Å²) in [6.07, 6.45) is 2.01. The minimum absolute atomic E-state index is 0.0738. The Kier molecular flexibility index (Phi) is 5.46. The number of halogens is 1. The van der Waals surface area contributed by atoms with Gasteiger partial charge in [0.05, 0.1) is 13.0 Å². The molecule has 2 rings (SSSR count). The summed E-state index contributed by atoms with van der Waals surface area (Å²) < 4.78 is 33.4. The fourth-order valence-corrected chi connectivity index (χ4v) is 4.61. The number of carbonyl (C=O) groups is 1. The Bertz CT molecular complexity index is 653. The summed E-state index contributed by atoms with van der Waals surface area (Å²) >= 11 is 3.25. The summed E-state index contributed by atoms with van der Waals surface area (Å²) in [6.45, 7) is 0. The molecule has 2 N–H and O–H groups in total. The molecule has 1 aliphatic carbocycles. The van der Waals surface area contributed by atoms with E-state index in [0.717, 1.165) is 0 Å². The second kappa shape index (κ2) is 6.97. The summed E-state index contributed by atoms with van der Waals surface area (Å²) in [5, 5.41) is 8.97. The second-order valence-electron chi connectivity index (χ2n) is 5.30. The maximum absolute atomic E-state index is 12.5. The molecule has 0 atom stereocenters. The van der Waals surface area contributed by atoms with Gasteiger partial charge in [0, 0.05) is 10.5 Å². The van der Waals surface area contributed by atoms with Gasteiger partial charge in [-0.15, -0.1) is 0 Å². The van der Waals surface area contributed by atoms with Crippen LogP contribution in [0.15, 0.2) is 27.6 Å². The molecule has 1 fully saturated rings. The third-order valence-electron chi connectivity index (χ3n) is 3.81. The van der Waals surface area contributed by atoms with Crippen molar-refractivity contribution in [3.63, 3.8) is 0 Å². The molecule has 0 amide bonds. The summed E-state index contributed by atoms with van der Waals surface area (Å²) in [5.74, 6) is -0.911. The van der Waals surface area contributed by atoms with E-state index in [-0.39, 0.29) is 22.6 Å². The van der Waals surface area contributed by atoms with Gasteiger partial charge in [-0.05, 0) is 43.9 Å². The molecule has 1 aromatic rings. The first-order valence-electron chi connectivity index (χ1n) is 6.92. The molecule has 122 valence electrons. The maximum Gasteiger partial charge on any atom is 0.306 e. The zero-order chi connectivity index (χ0) is 16.3. The average Bonchev–Trinajstić information content (AvgIpc) is 2.47. The van der Waals surface area contributed by atoms with E-state index in [0.29, 0.717) is 30.2 Å². The van der Waals surface area contributed by atoms with Crippen molar-refractivity contribution >= 4 is 31.9 Å². The summed E-state index contributed by atoms with van der Waals surface area (Å²) in [6, 6.07) is 4.53. The predicted molar refractivity (Wildman–Crippen MR) is 84.4 cm³/mol. The van der Waals surface area contributed by atoms with Crippen molar-refractivity contribution in [2.24, 2.45) is 5.92 Å². The van der Waals surface area contributed by atoms with Gasteiger partial charge >= 0.3 is 5.97 Å². The Hall–Kier alpha value is -1.12. The number of carboxylic acids is 1. The lowest BCUT2D eigenvalue weighted by molar-refractivity contribution is -0.142. The monoisotopic (exact) mass is 391 g/mol. The van der Waals surface area contributed by atoms with Crippen LogP contribution in [0.1, 0.15) is 25.7 Å². The maximum atomic E-state index is 12.5. The van der Waals surface area contributed by atoms with Gasteiger partial charge in [0.2, 0.25) is 10.0 Å². The smallest absolute Gasteiger partial charge is 0.306 e. The highest BCUT2D eigenvalue weighted by Gasteiger charge is 2.30. The first-order valence-corrected chi connectivity index (χ1v) is 9.20. The largest absolute Gasteiger partial charge is 0.495 e. The van der Waals surface area contributed by atoms with Crippen molar-refractivity contribution in [3.05, 3.63) is 22.7 Å². The van der Waals surface area contributed by atoms with E-state index in [1.807, 2.05) is 0 Å². The lowest BCUT2D eigenvalue weighted by Crippen LogP contribution is -2.38. The van der Waals surface area contributed by atoms with Gasteiger partial charge in [0.25, 0.3) is 0 Å². The van der Waals surface area contributed by atoms with Gasteiger partial charge in [-0.1, -0.05) is 15.9 Å². The van der Waals surface area contributed by atoms with Crippen molar-refractivity contribution in [1.82, 2.24) is 4.72 Å². The van der Waals surface area contributed by atoms with Gasteiger partial charge in [0.15, 0.2) is 0 Å². The first-order chi connectivity index (χ1) is 10.3. The van der Waals surface area contributed by atoms with Crippen molar-refractivity contribution < 1.29 is 23.1 Å². The van der Waals surface area contributed by atoms with Gasteiger partial charge in [-0.25, -0.2) is 13.1 Å².